The normalized spacial score (nSPS) is 15.8. The van der Waals surface area contributed by atoms with Crippen LogP contribution in [0.4, 0.5) is 0 Å². The van der Waals surface area contributed by atoms with Crippen molar-refractivity contribution in [3.63, 3.8) is 0 Å². The van der Waals surface area contributed by atoms with Crippen molar-refractivity contribution >= 4 is 5.91 Å². The minimum atomic E-state index is -0.0936. The van der Waals surface area contributed by atoms with Gasteiger partial charge in [-0.1, -0.05) is 12.1 Å². The monoisotopic (exact) mass is 333 g/mol. The predicted octanol–water partition coefficient (Wildman–Crippen LogP) is 2.60. The van der Waals surface area contributed by atoms with Crippen LogP contribution in [0.2, 0.25) is 0 Å². The second kappa shape index (κ2) is 6.12. The topological polar surface area (TPSA) is 72.7 Å². The molecule has 1 aromatic carbocycles. The van der Waals surface area contributed by atoms with Gasteiger partial charge < -0.3 is 5.32 Å². The van der Waals surface area contributed by atoms with Crippen molar-refractivity contribution in [2.45, 2.75) is 25.8 Å². The second-order valence-electron chi connectivity index (χ2n) is 6.34. The minimum absolute atomic E-state index is 0.0323. The Hall–Kier alpha value is -3.02. The number of hydrogen-bond donors (Lipinski definition) is 1. The van der Waals surface area contributed by atoms with Crippen molar-refractivity contribution < 1.29 is 4.79 Å². The van der Waals surface area contributed by atoms with Crippen molar-refractivity contribution in [3.8, 4) is 11.4 Å². The molecule has 1 atom stereocenters. The number of carbonyl (C=O) groups excluding carboxylic acids is 1. The van der Waals surface area contributed by atoms with E-state index < -0.39 is 0 Å². The summed E-state index contributed by atoms with van der Waals surface area (Å²) >= 11 is 0. The predicted molar refractivity (Wildman–Crippen MR) is 93.9 cm³/mol. The first-order chi connectivity index (χ1) is 12.1. The van der Waals surface area contributed by atoms with Gasteiger partial charge in [0.25, 0.3) is 5.91 Å². The van der Waals surface area contributed by atoms with E-state index in [1.54, 1.807) is 30.2 Å². The summed E-state index contributed by atoms with van der Waals surface area (Å²) in [4.78, 5) is 21.3. The summed E-state index contributed by atoms with van der Waals surface area (Å²) in [6, 6.07) is 9.90. The van der Waals surface area contributed by atoms with E-state index in [-0.39, 0.29) is 11.9 Å². The molecule has 0 radical (unpaired) electrons. The Balaban J connectivity index is 1.57. The SMILES string of the molecule is Cc1ccnc(-c2ccc3c(c2)CC[C@H]3NC(=O)c2ccnn2C)n1. The Morgan fingerprint density at radius 2 is 2.12 bits per heavy atom. The number of amides is 1. The lowest BCUT2D eigenvalue weighted by Crippen LogP contribution is -2.28. The quantitative estimate of drug-likeness (QED) is 0.800. The lowest BCUT2D eigenvalue weighted by Gasteiger charge is -2.14. The van der Waals surface area contributed by atoms with Crippen LogP contribution in [0, 0.1) is 6.92 Å². The summed E-state index contributed by atoms with van der Waals surface area (Å²) in [5.41, 5.74) is 4.95. The summed E-state index contributed by atoms with van der Waals surface area (Å²) in [5, 5.41) is 7.17. The number of aromatic nitrogens is 4. The third-order valence-corrected chi connectivity index (χ3v) is 4.63. The van der Waals surface area contributed by atoms with Gasteiger partial charge in [-0.05, 0) is 49.1 Å². The number of hydrogen-bond acceptors (Lipinski definition) is 4. The van der Waals surface area contributed by atoms with Crippen molar-refractivity contribution in [2.75, 3.05) is 0 Å². The van der Waals surface area contributed by atoms with E-state index >= 15 is 0 Å². The highest BCUT2D eigenvalue weighted by atomic mass is 16.2. The first-order valence-electron chi connectivity index (χ1n) is 8.33. The molecule has 2 aromatic heterocycles. The molecule has 0 saturated heterocycles. The van der Waals surface area contributed by atoms with Gasteiger partial charge in [0.15, 0.2) is 5.82 Å². The van der Waals surface area contributed by atoms with E-state index in [0.717, 1.165) is 29.9 Å². The second-order valence-corrected chi connectivity index (χ2v) is 6.34. The van der Waals surface area contributed by atoms with Crippen molar-refractivity contribution in [3.05, 3.63) is 65.2 Å². The standard InChI is InChI=1S/C19H19N5O/c1-12-7-9-20-18(22-12)14-3-5-15-13(11-14)4-6-16(15)23-19(25)17-8-10-21-24(17)2/h3,5,7-11,16H,4,6H2,1-2H3,(H,23,25)/t16-/m1/s1. The zero-order chi connectivity index (χ0) is 17.4. The molecule has 1 aliphatic rings. The van der Waals surface area contributed by atoms with E-state index in [1.165, 1.54) is 11.1 Å². The summed E-state index contributed by atoms with van der Waals surface area (Å²) in [5.74, 6) is 0.647. The number of carbonyl (C=O) groups is 1. The fourth-order valence-electron chi connectivity index (χ4n) is 3.32. The van der Waals surface area contributed by atoms with Gasteiger partial charge >= 0.3 is 0 Å². The van der Waals surface area contributed by atoms with Crippen molar-refractivity contribution in [2.24, 2.45) is 7.05 Å². The first kappa shape index (κ1) is 15.5. The molecule has 1 amide bonds. The van der Waals surface area contributed by atoms with Crippen LogP contribution in [0.1, 0.15) is 39.8 Å². The zero-order valence-corrected chi connectivity index (χ0v) is 14.2. The van der Waals surface area contributed by atoms with E-state index in [4.69, 9.17) is 0 Å². The maximum absolute atomic E-state index is 12.4. The van der Waals surface area contributed by atoms with Crippen LogP contribution in [-0.2, 0) is 13.5 Å². The largest absolute Gasteiger partial charge is 0.344 e. The zero-order valence-electron chi connectivity index (χ0n) is 14.2. The summed E-state index contributed by atoms with van der Waals surface area (Å²) < 4.78 is 1.59. The molecule has 6 nitrogen and oxygen atoms in total. The van der Waals surface area contributed by atoms with E-state index in [2.05, 4.69) is 32.5 Å². The summed E-state index contributed by atoms with van der Waals surface area (Å²) in [6.45, 7) is 1.96. The highest BCUT2D eigenvalue weighted by Gasteiger charge is 2.25. The smallest absolute Gasteiger partial charge is 0.270 e. The Morgan fingerprint density at radius 1 is 1.24 bits per heavy atom. The molecule has 0 saturated carbocycles. The lowest BCUT2D eigenvalue weighted by molar-refractivity contribution is 0.0927. The third kappa shape index (κ3) is 2.91. The van der Waals surface area contributed by atoms with Gasteiger partial charge in [0.2, 0.25) is 0 Å². The molecular formula is C19H19N5O. The highest BCUT2D eigenvalue weighted by molar-refractivity contribution is 5.92. The molecule has 0 bridgehead atoms. The molecule has 4 rings (SSSR count). The summed E-state index contributed by atoms with van der Waals surface area (Å²) in [7, 11) is 1.77. The number of rotatable bonds is 3. The molecule has 0 unspecified atom stereocenters. The Kier molecular flexibility index (Phi) is 3.80. The Labute approximate surface area is 145 Å². The highest BCUT2D eigenvalue weighted by Crippen LogP contribution is 2.33. The Morgan fingerprint density at radius 3 is 2.88 bits per heavy atom. The number of nitrogens with zero attached hydrogens (tertiary/aromatic N) is 4. The maximum Gasteiger partial charge on any atom is 0.270 e. The number of fused-ring (bicyclic) bond motifs is 1. The molecule has 2 heterocycles. The van der Waals surface area contributed by atoms with Gasteiger partial charge in [-0.2, -0.15) is 5.10 Å². The lowest BCUT2D eigenvalue weighted by atomic mass is 10.0. The molecule has 0 fully saturated rings. The van der Waals surface area contributed by atoms with Crippen LogP contribution in [0.3, 0.4) is 0 Å². The minimum Gasteiger partial charge on any atom is -0.344 e. The van der Waals surface area contributed by atoms with Gasteiger partial charge in [-0.3, -0.25) is 9.48 Å². The van der Waals surface area contributed by atoms with Crippen LogP contribution in [-0.4, -0.2) is 25.7 Å². The van der Waals surface area contributed by atoms with Gasteiger partial charge in [0, 0.05) is 30.7 Å². The van der Waals surface area contributed by atoms with Crippen LogP contribution >= 0.6 is 0 Å². The average Bonchev–Trinajstić information content (AvgIpc) is 3.21. The van der Waals surface area contributed by atoms with Crippen molar-refractivity contribution in [1.29, 1.82) is 0 Å². The van der Waals surface area contributed by atoms with Gasteiger partial charge in [-0.25, -0.2) is 9.97 Å². The third-order valence-electron chi connectivity index (χ3n) is 4.63. The molecule has 6 heteroatoms. The maximum atomic E-state index is 12.4. The van der Waals surface area contributed by atoms with Gasteiger partial charge in [0.1, 0.15) is 5.69 Å². The molecule has 3 aromatic rings. The van der Waals surface area contributed by atoms with Crippen LogP contribution in [0.15, 0.2) is 42.7 Å². The first-order valence-corrected chi connectivity index (χ1v) is 8.33. The van der Waals surface area contributed by atoms with Crippen LogP contribution in [0.25, 0.3) is 11.4 Å². The fourth-order valence-corrected chi connectivity index (χ4v) is 3.32. The number of benzene rings is 1. The van der Waals surface area contributed by atoms with Gasteiger partial charge in [-0.15, -0.1) is 0 Å². The molecule has 1 N–H and O–H groups in total. The Bertz CT molecular complexity index is 946. The van der Waals surface area contributed by atoms with Gasteiger partial charge in [0.05, 0.1) is 6.04 Å². The van der Waals surface area contributed by atoms with Crippen LogP contribution in [0.5, 0.6) is 0 Å². The fraction of sp³-hybridized carbons (Fsp3) is 0.263. The molecule has 25 heavy (non-hydrogen) atoms. The molecule has 0 aliphatic heterocycles. The van der Waals surface area contributed by atoms with Crippen LogP contribution < -0.4 is 5.32 Å². The average molecular weight is 333 g/mol. The molecule has 0 spiro atoms. The number of nitrogens with one attached hydrogen (secondary N) is 1. The molecular weight excluding hydrogens is 314 g/mol. The summed E-state index contributed by atoms with van der Waals surface area (Å²) in [6.07, 6.45) is 5.25. The van der Waals surface area contributed by atoms with Crippen molar-refractivity contribution in [1.82, 2.24) is 25.1 Å². The van der Waals surface area contributed by atoms with E-state index in [0.29, 0.717) is 5.69 Å². The van der Waals surface area contributed by atoms with E-state index in [1.807, 2.05) is 19.1 Å². The molecule has 1 aliphatic carbocycles. The number of aryl methyl sites for hydroxylation is 3. The van der Waals surface area contributed by atoms with E-state index in [9.17, 15) is 4.79 Å². The molecule has 126 valence electrons.